The number of imidazole rings is 1. The largest absolute Gasteiger partial charge is 0.545 e. The van der Waals surface area contributed by atoms with Crippen LogP contribution in [-0.4, -0.2) is 31.1 Å². The lowest BCUT2D eigenvalue weighted by Gasteiger charge is -2.06. The quantitative estimate of drug-likeness (QED) is 0.472. The van der Waals surface area contributed by atoms with Gasteiger partial charge in [-0.15, -0.1) is 0 Å². The molecule has 0 atom stereocenters. The van der Waals surface area contributed by atoms with Gasteiger partial charge in [0.25, 0.3) is 0 Å². The van der Waals surface area contributed by atoms with Gasteiger partial charge in [-0.1, -0.05) is 30.3 Å². The van der Waals surface area contributed by atoms with Crippen molar-refractivity contribution in [1.82, 2.24) is 19.4 Å². The van der Waals surface area contributed by atoms with Crippen LogP contribution in [0.5, 0.6) is 0 Å². The molecule has 144 valence electrons. The maximum atomic E-state index is 12.4. The number of aromatic carboxylic acids is 1. The number of aromatic nitrogens is 4. The van der Waals surface area contributed by atoms with Crippen LogP contribution in [0.2, 0.25) is 0 Å². The highest BCUT2D eigenvalue weighted by Crippen LogP contribution is 2.23. The average molecular weight is 385 g/mol. The Balaban J connectivity index is 1.53. The zero-order chi connectivity index (χ0) is 20.4. The fourth-order valence-electron chi connectivity index (χ4n) is 3.24. The Hall–Kier alpha value is -3.87. The van der Waals surface area contributed by atoms with Crippen molar-refractivity contribution >= 4 is 17.4 Å². The molecule has 0 fully saturated rings. The van der Waals surface area contributed by atoms with Crippen LogP contribution in [0.25, 0.3) is 17.0 Å². The zero-order valence-electron chi connectivity index (χ0n) is 15.7. The second kappa shape index (κ2) is 7.63. The van der Waals surface area contributed by atoms with E-state index in [9.17, 15) is 14.7 Å². The molecule has 0 spiro atoms. The van der Waals surface area contributed by atoms with Gasteiger partial charge in [-0.05, 0) is 30.7 Å². The summed E-state index contributed by atoms with van der Waals surface area (Å²) in [7, 11) is 0. The summed E-state index contributed by atoms with van der Waals surface area (Å²) in [6.07, 6.45) is 4.22. The van der Waals surface area contributed by atoms with Crippen molar-refractivity contribution in [2.75, 3.05) is 0 Å². The minimum Gasteiger partial charge on any atom is -0.545 e. The standard InChI is InChI=1S/C22H18N4O3/c1-14-21(26-13-3-2-4-20(26)24-14)17-11-12-23-19(25-17)10-9-18(27)15-5-7-16(8-6-15)22(28)29/h2-8,11-13H,9-10H2,1H3,(H,28,29)/p-1. The maximum Gasteiger partial charge on any atom is 0.163 e. The van der Waals surface area contributed by atoms with E-state index in [1.807, 2.05) is 41.8 Å². The van der Waals surface area contributed by atoms with E-state index in [1.54, 1.807) is 6.20 Å². The highest BCUT2D eigenvalue weighted by molar-refractivity contribution is 5.97. The monoisotopic (exact) mass is 385 g/mol. The highest BCUT2D eigenvalue weighted by Gasteiger charge is 2.13. The summed E-state index contributed by atoms with van der Waals surface area (Å²) in [5.74, 6) is -0.806. The summed E-state index contributed by atoms with van der Waals surface area (Å²) in [6.45, 7) is 1.93. The van der Waals surface area contributed by atoms with Crippen molar-refractivity contribution < 1.29 is 14.7 Å². The first-order chi connectivity index (χ1) is 14.0. The normalized spacial score (nSPS) is 10.9. The molecule has 7 heteroatoms. The Bertz CT molecular complexity index is 1210. The number of fused-ring (bicyclic) bond motifs is 1. The third-order valence-corrected chi connectivity index (χ3v) is 4.67. The third-order valence-electron chi connectivity index (χ3n) is 4.67. The maximum absolute atomic E-state index is 12.4. The first-order valence-corrected chi connectivity index (χ1v) is 9.13. The highest BCUT2D eigenvalue weighted by atomic mass is 16.4. The van der Waals surface area contributed by atoms with Crippen LogP contribution in [0, 0.1) is 6.92 Å². The first kappa shape index (κ1) is 18.5. The molecule has 0 amide bonds. The number of carbonyl (C=O) groups excluding carboxylic acids is 2. The van der Waals surface area contributed by atoms with Gasteiger partial charge in [0.2, 0.25) is 0 Å². The summed E-state index contributed by atoms with van der Waals surface area (Å²) in [6, 6.07) is 13.3. The second-order valence-electron chi connectivity index (χ2n) is 6.62. The Morgan fingerprint density at radius 2 is 1.76 bits per heavy atom. The third kappa shape index (κ3) is 3.75. The van der Waals surface area contributed by atoms with Crippen LogP contribution < -0.4 is 5.11 Å². The molecule has 0 radical (unpaired) electrons. The number of Topliss-reactive ketones (excluding diaryl/α,β-unsaturated/α-hetero) is 1. The Morgan fingerprint density at radius 3 is 2.52 bits per heavy atom. The number of carbonyl (C=O) groups is 2. The van der Waals surface area contributed by atoms with Gasteiger partial charge in [0.1, 0.15) is 11.5 Å². The second-order valence-corrected chi connectivity index (χ2v) is 6.62. The number of hydrogen-bond donors (Lipinski definition) is 0. The topological polar surface area (TPSA) is 100 Å². The summed E-state index contributed by atoms with van der Waals surface area (Å²) in [4.78, 5) is 36.7. The summed E-state index contributed by atoms with van der Waals surface area (Å²) < 4.78 is 1.98. The molecular weight excluding hydrogens is 368 g/mol. The number of rotatable bonds is 6. The molecule has 0 bridgehead atoms. The number of nitrogens with zero attached hydrogens (tertiary/aromatic N) is 4. The van der Waals surface area contributed by atoms with Crippen LogP contribution in [0.4, 0.5) is 0 Å². The van der Waals surface area contributed by atoms with Gasteiger partial charge < -0.3 is 9.90 Å². The van der Waals surface area contributed by atoms with Crippen molar-refractivity contribution in [2.45, 2.75) is 19.8 Å². The number of ketones is 1. The Kier molecular flexibility index (Phi) is 4.87. The van der Waals surface area contributed by atoms with Gasteiger partial charge >= 0.3 is 0 Å². The molecule has 4 rings (SSSR count). The van der Waals surface area contributed by atoms with Crippen LogP contribution >= 0.6 is 0 Å². The molecule has 0 unspecified atom stereocenters. The first-order valence-electron chi connectivity index (χ1n) is 9.13. The molecule has 29 heavy (non-hydrogen) atoms. The van der Waals surface area contributed by atoms with E-state index in [0.717, 1.165) is 22.7 Å². The molecule has 3 heterocycles. The van der Waals surface area contributed by atoms with E-state index in [-0.39, 0.29) is 17.8 Å². The van der Waals surface area contributed by atoms with Gasteiger partial charge in [0.15, 0.2) is 5.78 Å². The number of hydrogen-bond acceptors (Lipinski definition) is 6. The van der Waals surface area contributed by atoms with Crippen LogP contribution in [0.15, 0.2) is 60.9 Å². The van der Waals surface area contributed by atoms with Crippen molar-refractivity contribution in [1.29, 1.82) is 0 Å². The SMILES string of the molecule is Cc1nc2ccccn2c1-c1ccnc(CCC(=O)c2ccc(C(=O)[O-])cc2)n1. The molecule has 0 saturated carbocycles. The number of benzene rings is 1. The van der Waals surface area contributed by atoms with E-state index in [2.05, 4.69) is 15.0 Å². The Labute approximate surface area is 166 Å². The van der Waals surface area contributed by atoms with Crippen LogP contribution in [-0.2, 0) is 6.42 Å². The smallest absolute Gasteiger partial charge is 0.163 e. The van der Waals surface area contributed by atoms with Crippen LogP contribution in [0.1, 0.15) is 38.7 Å². The van der Waals surface area contributed by atoms with Gasteiger partial charge in [-0.2, -0.15) is 0 Å². The van der Waals surface area contributed by atoms with E-state index in [4.69, 9.17) is 0 Å². The Morgan fingerprint density at radius 1 is 1.00 bits per heavy atom. The molecule has 3 aromatic heterocycles. The number of pyridine rings is 1. The fourth-order valence-corrected chi connectivity index (χ4v) is 3.24. The predicted molar refractivity (Wildman–Crippen MR) is 104 cm³/mol. The lowest BCUT2D eigenvalue weighted by atomic mass is 10.0. The van der Waals surface area contributed by atoms with E-state index in [1.165, 1.54) is 24.3 Å². The molecule has 0 aliphatic carbocycles. The molecular formula is C22H17N4O3-. The van der Waals surface area contributed by atoms with E-state index < -0.39 is 5.97 Å². The van der Waals surface area contributed by atoms with Crippen molar-refractivity contribution in [3.05, 3.63) is 83.6 Å². The van der Waals surface area contributed by atoms with Crippen molar-refractivity contribution in [3.63, 3.8) is 0 Å². The van der Waals surface area contributed by atoms with E-state index >= 15 is 0 Å². The summed E-state index contributed by atoms with van der Waals surface area (Å²) in [5.41, 5.74) is 3.84. The number of aryl methyl sites for hydroxylation is 2. The fraction of sp³-hybridized carbons (Fsp3) is 0.136. The van der Waals surface area contributed by atoms with Gasteiger partial charge in [-0.3, -0.25) is 9.20 Å². The molecule has 0 aliphatic rings. The molecule has 1 aromatic carbocycles. The molecule has 7 nitrogen and oxygen atoms in total. The van der Waals surface area contributed by atoms with Gasteiger partial charge in [-0.25, -0.2) is 15.0 Å². The molecule has 0 N–H and O–H groups in total. The van der Waals surface area contributed by atoms with E-state index in [0.29, 0.717) is 17.8 Å². The minimum absolute atomic E-state index is 0.0426. The van der Waals surface area contributed by atoms with Crippen LogP contribution in [0.3, 0.4) is 0 Å². The summed E-state index contributed by atoms with van der Waals surface area (Å²) >= 11 is 0. The lowest BCUT2D eigenvalue weighted by Crippen LogP contribution is -2.22. The number of carboxylic acid groups (broad SMARTS) is 1. The van der Waals surface area contributed by atoms with Gasteiger partial charge in [0, 0.05) is 30.8 Å². The number of carboxylic acids is 1. The summed E-state index contributed by atoms with van der Waals surface area (Å²) in [5, 5.41) is 10.8. The molecule has 4 aromatic rings. The molecule has 0 aliphatic heterocycles. The lowest BCUT2D eigenvalue weighted by molar-refractivity contribution is -0.255. The van der Waals surface area contributed by atoms with Gasteiger partial charge in [0.05, 0.1) is 23.1 Å². The molecule has 0 saturated heterocycles. The van der Waals surface area contributed by atoms with Crippen molar-refractivity contribution in [3.8, 4) is 11.4 Å². The minimum atomic E-state index is -1.27. The zero-order valence-corrected chi connectivity index (χ0v) is 15.7. The predicted octanol–water partition coefficient (Wildman–Crippen LogP) is 2.28. The van der Waals surface area contributed by atoms with Crippen molar-refractivity contribution in [2.24, 2.45) is 0 Å². The average Bonchev–Trinajstić information content (AvgIpc) is 3.08.